The van der Waals surface area contributed by atoms with E-state index in [0.717, 1.165) is 13.2 Å². The average molecular weight is 205 g/mol. The Morgan fingerprint density at radius 1 is 1.29 bits per heavy atom. The molecule has 0 aliphatic heterocycles. The van der Waals surface area contributed by atoms with Crippen molar-refractivity contribution in [3.63, 3.8) is 0 Å². The Morgan fingerprint density at radius 3 is 2.43 bits per heavy atom. The molecule has 14 heavy (non-hydrogen) atoms. The fourth-order valence-electron chi connectivity index (χ4n) is 1.15. The van der Waals surface area contributed by atoms with Crippen LogP contribution in [0.3, 0.4) is 0 Å². The molecule has 2 nitrogen and oxygen atoms in total. The highest BCUT2D eigenvalue weighted by Crippen LogP contribution is 2.26. The van der Waals surface area contributed by atoms with E-state index in [0.29, 0.717) is 0 Å². The number of rotatable bonds is 3. The van der Waals surface area contributed by atoms with Crippen LogP contribution in [-0.4, -0.2) is 13.7 Å². The highest BCUT2D eigenvalue weighted by atomic mass is 19.2. The molecule has 0 unspecified atom stereocenters. The molecule has 5 heteroatoms. The van der Waals surface area contributed by atoms with E-state index < -0.39 is 23.2 Å². The van der Waals surface area contributed by atoms with Gasteiger partial charge in [-0.3, -0.25) is 0 Å². The average Bonchev–Trinajstić information content (AvgIpc) is 2.15. The number of hydrogen-bond acceptors (Lipinski definition) is 2. The minimum atomic E-state index is -1.31. The fraction of sp³-hybridized carbons (Fsp3) is 0.333. The first kappa shape index (κ1) is 10.8. The molecular formula is C9H10F3NO. The van der Waals surface area contributed by atoms with Crippen molar-refractivity contribution in [2.45, 2.75) is 6.42 Å². The first-order chi connectivity index (χ1) is 6.61. The summed E-state index contributed by atoms with van der Waals surface area (Å²) in [6.45, 7) is 0.127. The van der Waals surface area contributed by atoms with E-state index in [1.807, 2.05) is 0 Å². The van der Waals surface area contributed by atoms with E-state index in [2.05, 4.69) is 4.74 Å². The first-order valence-electron chi connectivity index (χ1n) is 4.02. The third-order valence-electron chi connectivity index (χ3n) is 1.81. The highest BCUT2D eigenvalue weighted by molar-refractivity contribution is 5.33. The second kappa shape index (κ2) is 4.32. The molecule has 0 aromatic heterocycles. The van der Waals surface area contributed by atoms with Crippen molar-refractivity contribution in [1.29, 1.82) is 0 Å². The summed E-state index contributed by atoms with van der Waals surface area (Å²) >= 11 is 0. The molecule has 1 rings (SSSR count). The Labute approximate surface area is 79.5 Å². The summed E-state index contributed by atoms with van der Waals surface area (Å²) in [6.07, 6.45) is 0.0870. The van der Waals surface area contributed by atoms with Crippen LogP contribution in [0.15, 0.2) is 6.07 Å². The van der Waals surface area contributed by atoms with Gasteiger partial charge in [0.15, 0.2) is 17.4 Å². The van der Waals surface area contributed by atoms with Crippen LogP contribution in [0.2, 0.25) is 0 Å². The minimum Gasteiger partial charge on any atom is -0.491 e. The number of halogens is 3. The summed E-state index contributed by atoms with van der Waals surface area (Å²) in [5.41, 5.74) is 5.08. The maximum Gasteiger partial charge on any atom is 0.203 e. The molecule has 78 valence electrons. The van der Waals surface area contributed by atoms with Gasteiger partial charge in [0, 0.05) is 0 Å². The van der Waals surface area contributed by atoms with E-state index >= 15 is 0 Å². The monoisotopic (exact) mass is 205 g/mol. The third kappa shape index (κ3) is 1.82. The van der Waals surface area contributed by atoms with Crippen LogP contribution in [0, 0.1) is 17.5 Å². The van der Waals surface area contributed by atoms with Crippen LogP contribution in [0.25, 0.3) is 0 Å². The molecule has 0 radical (unpaired) electrons. The van der Waals surface area contributed by atoms with E-state index in [1.54, 1.807) is 0 Å². The van der Waals surface area contributed by atoms with Gasteiger partial charge in [-0.05, 0) is 24.6 Å². The topological polar surface area (TPSA) is 35.2 Å². The SMILES string of the molecule is COc1c(F)cc(CCN)c(F)c1F. The summed E-state index contributed by atoms with van der Waals surface area (Å²) in [5, 5.41) is 0. The fourth-order valence-corrected chi connectivity index (χ4v) is 1.15. The molecule has 0 amide bonds. The Balaban J connectivity index is 3.25. The van der Waals surface area contributed by atoms with Crippen molar-refractivity contribution in [3.8, 4) is 5.75 Å². The largest absolute Gasteiger partial charge is 0.491 e. The zero-order chi connectivity index (χ0) is 10.7. The van der Waals surface area contributed by atoms with Crippen molar-refractivity contribution in [2.24, 2.45) is 5.73 Å². The smallest absolute Gasteiger partial charge is 0.203 e. The molecule has 0 spiro atoms. The zero-order valence-electron chi connectivity index (χ0n) is 7.61. The molecular weight excluding hydrogens is 195 g/mol. The van der Waals surface area contributed by atoms with Crippen LogP contribution in [0.4, 0.5) is 13.2 Å². The van der Waals surface area contributed by atoms with Crippen molar-refractivity contribution >= 4 is 0 Å². The van der Waals surface area contributed by atoms with Gasteiger partial charge < -0.3 is 10.5 Å². The lowest BCUT2D eigenvalue weighted by Crippen LogP contribution is -2.07. The Bertz CT molecular complexity index is 341. The molecule has 0 heterocycles. The first-order valence-corrected chi connectivity index (χ1v) is 4.02. The van der Waals surface area contributed by atoms with Gasteiger partial charge in [-0.25, -0.2) is 8.78 Å². The van der Waals surface area contributed by atoms with Crippen molar-refractivity contribution < 1.29 is 17.9 Å². The quantitative estimate of drug-likeness (QED) is 0.761. The zero-order valence-corrected chi connectivity index (χ0v) is 7.61. The minimum absolute atomic E-state index is 0.0803. The third-order valence-corrected chi connectivity index (χ3v) is 1.81. The maximum absolute atomic E-state index is 13.1. The van der Waals surface area contributed by atoms with Gasteiger partial charge >= 0.3 is 0 Å². The highest BCUT2D eigenvalue weighted by Gasteiger charge is 2.18. The Hall–Kier alpha value is -1.23. The van der Waals surface area contributed by atoms with Crippen LogP contribution >= 0.6 is 0 Å². The molecule has 2 N–H and O–H groups in total. The van der Waals surface area contributed by atoms with Crippen molar-refractivity contribution in [1.82, 2.24) is 0 Å². The Morgan fingerprint density at radius 2 is 1.93 bits per heavy atom. The van der Waals surface area contributed by atoms with E-state index in [1.165, 1.54) is 0 Å². The van der Waals surface area contributed by atoms with Crippen LogP contribution in [0.5, 0.6) is 5.75 Å². The molecule has 0 aliphatic rings. The van der Waals surface area contributed by atoms with Crippen molar-refractivity contribution in [3.05, 3.63) is 29.1 Å². The molecule has 0 bridgehead atoms. The van der Waals surface area contributed by atoms with Gasteiger partial charge in [-0.1, -0.05) is 0 Å². The van der Waals surface area contributed by atoms with Gasteiger partial charge in [0.05, 0.1) is 7.11 Å². The number of methoxy groups -OCH3 is 1. The predicted octanol–water partition coefficient (Wildman–Crippen LogP) is 1.61. The number of ether oxygens (including phenoxy) is 1. The summed E-state index contributed by atoms with van der Waals surface area (Å²) in [6, 6.07) is 0.893. The van der Waals surface area contributed by atoms with Crippen molar-refractivity contribution in [2.75, 3.05) is 13.7 Å². The van der Waals surface area contributed by atoms with Gasteiger partial charge in [-0.15, -0.1) is 0 Å². The van der Waals surface area contributed by atoms with Gasteiger partial charge in [-0.2, -0.15) is 4.39 Å². The molecule has 0 fully saturated rings. The Kier molecular flexibility index (Phi) is 3.35. The molecule has 1 aromatic carbocycles. The summed E-state index contributed by atoms with van der Waals surface area (Å²) in [5.74, 6) is -4.04. The molecule has 0 atom stereocenters. The lowest BCUT2D eigenvalue weighted by Gasteiger charge is -2.07. The number of nitrogens with two attached hydrogens (primary N) is 1. The standard InChI is InChI=1S/C9H10F3NO/c1-14-9-6(10)4-5(2-3-13)7(11)8(9)12/h4H,2-3,13H2,1H3. The lowest BCUT2D eigenvalue weighted by atomic mass is 10.1. The van der Waals surface area contributed by atoms with Gasteiger partial charge in [0.25, 0.3) is 0 Å². The molecule has 0 saturated carbocycles. The van der Waals surface area contributed by atoms with E-state index in [9.17, 15) is 13.2 Å². The lowest BCUT2D eigenvalue weighted by molar-refractivity contribution is 0.345. The second-order valence-corrected chi connectivity index (χ2v) is 2.72. The summed E-state index contributed by atoms with van der Waals surface area (Å²) < 4.78 is 43.6. The van der Waals surface area contributed by atoms with Gasteiger partial charge in [0.2, 0.25) is 5.82 Å². The number of hydrogen-bond donors (Lipinski definition) is 1. The van der Waals surface area contributed by atoms with Crippen LogP contribution < -0.4 is 10.5 Å². The van der Waals surface area contributed by atoms with E-state index in [4.69, 9.17) is 5.73 Å². The van der Waals surface area contributed by atoms with Crippen LogP contribution in [-0.2, 0) is 6.42 Å². The summed E-state index contributed by atoms with van der Waals surface area (Å²) in [4.78, 5) is 0. The molecule has 1 aromatic rings. The number of benzene rings is 1. The maximum atomic E-state index is 13.1. The van der Waals surface area contributed by atoms with Gasteiger partial charge in [0.1, 0.15) is 0 Å². The second-order valence-electron chi connectivity index (χ2n) is 2.72. The normalized spacial score (nSPS) is 10.4. The van der Waals surface area contributed by atoms with E-state index in [-0.39, 0.29) is 18.5 Å². The molecule has 0 saturated heterocycles. The predicted molar refractivity (Wildman–Crippen MR) is 45.6 cm³/mol. The summed E-state index contributed by atoms with van der Waals surface area (Å²) in [7, 11) is 1.07. The van der Waals surface area contributed by atoms with Crippen LogP contribution in [0.1, 0.15) is 5.56 Å². The molecule has 0 aliphatic carbocycles.